The van der Waals surface area contributed by atoms with Crippen LogP contribution in [0.25, 0.3) is 0 Å². The zero-order valence-corrected chi connectivity index (χ0v) is 12.5. The maximum absolute atomic E-state index is 4.66. The van der Waals surface area contributed by atoms with Crippen molar-refractivity contribution < 1.29 is 0 Å². The van der Waals surface area contributed by atoms with Gasteiger partial charge in [0.05, 0.1) is 0 Å². The first-order valence-electron chi connectivity index (χ1n) is 6.78. The zero-order valence-electron chi connectivity index (χ0n) is 11.7. The first-order chi connectivity index (χ1) is 9.70. The van der Waals surface area contributed by atoms with Crippen molar-refractivity contribution in [3.63, 3.8) is 0 Å². The van der Waals surface area contributed by atoms with Gasteiger partial charge in [-0.25, -0.2) is 9.97 Å². The van der Waals surface area contributed by atoms with Gasteiger partial charge in [0.15, 0.2) is 0 Å². The van der Waals surface area contributed by atoms with E-state index >= 15 is 0 Å². The Kier molecular flexibility index (Phi) is 3.88. The predicted molar refractivity (Wildman–Crippen MR) is 79.4 cm³/mol. The number of aryl methyl sites for hydroxylation is 1. The van der Waals surface area contributed by atoms with Gasteiger partial charge in [-0.05, 0) is 33.4 Å². The SMILES string of the molecule is Cc1cc(Nc2nncs2)nc([C@@H]2CCCN(C)C2)n1. The summed E-state index contributed by atoms with van der Waals surface area (Å²) in [6.45, 7) is 4.20. The number of anilines is 2. The lowest BCUT2D eigenvalue weighted by molar-refractivity contribution is 0.246. The van der Waals surface area contributed by atoms with Crippen LogP contribution < -0.4 is 5.32 Å². The molecule has 1 aliphatic rings. The van der Waals surface area contributed by atoms with Crippen molar-refractivity contribution in [3.05, 3.63) is 23.1 Å². The lowest BCUT2D eigenvalue weighted by Crippen LogP contribution is -2.31. The quantitative estimate of drug-likeness (QED) is 0.934. The number of nitrogens with zero attached hydrogens (tertiary/aromatic N) is 5. The molecule has 2 aromatic rings. The van der Waals surface area contributed by atoms with Crippen molar-refractivity contribution in [3.8, 4) is 0 Å². The fourth-order valence-electron chi connectivity index (χ4n) is 2.55. The molecule has 2 aromatic heterocycles. The van der Waals surface area contributed by atoms with E-state index in [1.54, 1.807) is 5.51 Å². The second kappa shape index (κ2) is 5.80. The summed E-state index contributed by atoms with van der Waals surface area (Å²) in [5, 5.41) is 11.8. The van der Waals surface area contributed by atoms with Gasteiger partial charge in [-0.2, -0.15) is 0 Å². The Morgan fingerprint density at radius 2 is 2.30 bits per heavy atom. The van der Waals surface area contributed by atoms with Crippen molar-refractivity contribution in [1.82, 2.24) is 25.1 Å². The Morgan fingerprint density at radius 3 is 3.05 bits per heavy atom. The number of rotatable bonds is 3. The summed E-state index contributed by atoms with van der Waals surface area (Å²) in [4.78, 5) is 11.6. The van der Waals surface area contributed by atoms with E-state index in [2.05, 4.69) is 37.4 Å². The van der Waals surface area contributed by atoms with Crippen molar-refractivity contribution in [1.29, 1.82) is 0 Å². The summed E-state index contributed by atoms with van der Waals surface area (Å²) in [7, 11) is 2.16. The number of piperidine rings is 1. The number of hydrogen-bond acceptors (Lipinski definition) is 7. The highest BCUT2D eigenvalue weighted by Gasteiger charge is 2.22. The molecule has 1 aliphatic heterocycles. The molecule has 0 aliphatic carbocycles. The minimum Gasteiger partial charge on any atom is -0.315 e. The fourth-order valence-corrected chi connectivity index (χ4v) is 3.00. The highest BCUT2D eigenvalue weighted by Crippen LogP contribution is 2.25. The van der Waals surface area contributed by atoms with Crippen LogP contribution in [0.2, 0.25) is 0 Å². The molecular formula is C13H18N6S. The van der Waals surface area contributed by atoms with Gasteiger partial charge in [0.2, 0.25) is 5.13 Å². The van der Waals surface area contributed by atoms with E-state index in [-0.39, 0.29) is 0 Å². The molecule has 0 unspecified atom stereocenters. The van der Waals surface area contributed by atoms with Gasteiger partial charge >= 0.3 is 0 Å². The average molecular weight is 290 g/mol. The van der Waals surface area contributed by atoms with Crippen molar-refractivity contribution >= 4 is 22.3 Å². The maximum Gasteiger partial charge on any atom is 0.210 e. The summed E-state index contributed by atoms with van der Waals surface area (Å²) < 4.78 is 0. The largest absolute Gasteiger partial charge is 0.315 e. The fraction of sp³-hybridized carbons (Fsp3) is 0.538. The molecule has 0 bridgehead atoms. The van der Waals surface area contributed by atoms with Gasteiger partial charge < -0.3 is 10.2 Å². The molecule has 7 heteroatoms. The van der Waals surface area contributed by atoms with E-state index in [0.29, 0.717) is 5.92 Å². The Bertz CT molecular complexity index is 570. The van der Waals surface area contributed by atoms with Crippen molar-refractivity contribution in [2.45, 2.75) is 25.7 Å². The Balaban J connectivity index is 1.82. The lowest BCUT2D eigenvalue weighted by Gasteiger charge is -2.28. The van der Waals surface area contributed by atoms with Gasteiger partial charge in [0, 0.05) is 24.2 Å². The van der Waals surface area contributed by atoms with E-state index < -0.39 is 0 Å². The van der Waals surface area contributed by atoms with Gasteiger partial charge in [-0.15, -0.1) is 10.2 Å². The monoisotopic (exact) mass is 290 g/mol. The number of nitrogens with one attached hydrogen (secondary N) is 1. The topological polar surface area (TPSA) is 66.8 Å². The van der Waals surface area contributed by atoms with Gasteiger partial charge in [0.1, 0.15) is 17.2 Å². The number of aromatic nitrogens is 4. The normalized spacial score (nSPS) is 20.0. The van der Waals surface area contributed by atoms with Crippen LogP contribution in [0.3, 0.4) is 0 Å². The standard InChI is InChI=1S/C13H18N6S/c1-9-6-11(17-13-18-14-8-20-13)16-12(15-9)10-4-3-5-19(2)7-10/h6,8,10H,3-5,7H2,1-2H3,(H,15,16,17,18)/t10-/m1/s1. The third kappa shape index (κ3) is 3.10. The summed E-state index contributed by atoms with van der Waals surface area (Å²) in [5.74, 6) is 2.16. The zero-order chi connectivity index (χ0) is 13.9. The van der Waals surface area contributed by atoms with Crippen LogP contribution in [0, 0.1) is 6.92 Å². The Labute approximate surface area is 122 Å². The highest BCUT2D eigenvalue weighted by molar-refractivity contribution is 7.13. The molecule has 20 heavy (non-hydrogen) atoms. The van der Waals surface area contributed by atoms with Crippen LogP contribution >= 0.6 is 11.3 Å². The van der Waals surface area contributed by atoms with Gasteiger partial charge in [-0.3, -0.25) is 0 Å². The molecule has 0 amide bonds. The van der Waals surface area contributed by atoms with Crippen LogP contribution in [0.1, 0.15) is 30.3 Å². The predicted octanol–water partition coefficient (Wildman–Crippen LogP) is 2.19. The molecule has 1 N–H and O–H groups in total. The molecule has 1 fully saturated rings. The molecule has 0 aromatic carbocycles. The summed E-state index contributed by atoms with van der Waals surface area (Å²) in [6, 6.07) is 1.94. The molecule has 3 heterocycles. The van der Waals surface area contributed by atoms with Crippen LogP contribution in [-0.2, 0) is 0 Å². The number of hydrogen-bond donors (Lipinski definition) is 1. The summed E-state index contributed by atoms with van der Waals surface area (Å²) in [6.07, 6.45) is 2.36. The van der Waals surface area contributed by atoms with Crippen LogP contribution in [-0.4, -0.2) is 45.2 Å². The van der Waals surface area contributed by atoms with E-state index in [9.17, 15) is 0 Å². The smallest absolute Gasteiger partial charge is 0.210 e. The van der Waals surface area contributed by atoms with E-state index in [1.807, 2.05) is 13.0 Å². The number of likely N-dealkylation sites (N-methyl/N-ethyl adjacent to an activating group) is 1. The van der Waals surface area contributed by atoms with Crippen molar-refractivity contribution in [2.75, 3.05) is 25.5 Å². The van der Waals surface area contributed by atoms with Crippen LogP contribution in [0.5, 0.6) is 0 Å². The van der Waals surface area contributed by atoms with E-state index in [0.717, 1.165) is 42.0 Å². The van der Waals surface area contributed by atoms with Gasteiger partial charge in [-0.1, -0.05) is 11.3 Å². The Morgan fingerprint density at radius 1 is 1.40 bits per heavy atom. The van der Waals surface area contributed by atoms with E-state index in [1.165, 1.54) is 17.8 Å². The lowest BCUT2D eigenvalue weighted by atomic mass is 9.97. The molecule has 0 saturated carbocycles. The molecule has 3 rings (SSSR count). The third-order valence-corrected chi connectivity index (χ3v) is 4.06. The molecular weight excluding hydrogens is 272 g/mol. The second-order valence-corrected chi connectivity index (χ2v) is 6.06. The Hall–Kier alpha value is -1.60. The average Bonchev–Trinajstić information content (AvgIpc) is 2.91. The summed E-state index contributed by atoms with van der Waals surface area (Å²) in [5.41, 5.74) is 2.68. The first kappa shape index (κ1) is 13.4. The first-order valence-corrected chi connectivity index (χ1v) is 7.66. The molecule has 106 valence electrons. The van der Waals surface area contributed by atoms with Crippen molar-refractivity contribution in [2.24, 2.45) is 0 Å². The molecule has 1 saturated heterocycles. The highest BCUT2D eigenvalue weighted by atomic mass is 32.1. The summed E-state index contributed by atoms with van der Waals surface area (Å²) >= 11 is 1.46. The minimum atomic E-state index is 0.420. The van der Waals surface area contributed by atoms with Crippen LogP contribution in [0.15, 0.2) is 11.6 Å². The van der Waals surface area contributed by atoms with Crippen LogP contribution in [0.4, 0.5) is 10.9 Å². The molecule has 0 spiro atoms. The molecule has 0 radical (unpaired) electrons. The van der Waals surface area contributed by atoms with E-state index in [4.69, 9.17) is 0 Å². The third-order valence-electron chi connectivity index (χ3n) is 3.46. The molecule has 1 atom stereocenters. The van der Waals surface area contributed by atoms with Gasteiger partial charge in [0.25, 0.3) is 0 Å². The minimum absolute atomic E-state index is 0.420. The number of likely N-dealkylation sites (tertiary alicyclic amines) is 1. The maximum atomic E-state index is 4.66. The molecule has 6 nitrogen and oxygen atoms in total. The second-order valence-electron chi connectivity index (χ2n) is 5.22.